The van der Waals surface area contributed by atoms with E-state index in [0.717, 1.165) is 34.9 Å². The number of ether oxygens (including phenoxy) is 1. The highest BCUT2D eigenvalue weighted by Crippen LogP contribution is 2.38. The fourth-order valence-electron chi connectivity index (χ4n) is 4.27. The smallest absolute Gasteiger partial charge is 0.310 e. The van der Waals surface area contributed by atoms with Gasteiger partial charge in [0.1, 0.15) is 4.90 Å². The number of aryl methyl sites for hydroxylation is 2. The van der Waals surface area contributed by atoms with Gasteiger partial charge in [-0.2, -0.15) is 0 Å². The predicted molar refractivity (Wildman–Crippen MR) is 125 cm³/mol. The largest absolute Gasteiger partial charge is 0.466 e. The molecule has 4 rings (SSSR count). The Kier molecular flexibility index (Phi) is 6.20. The third-order valence-corrected chi connectivity index (χ3v) is 7.90. The molecule has 1 aliphatic rings. The number of hydrogen-bond donors (Lipinski definition) is 0. The molecule has 168 valence electrons. The molecular weight excluding hydrogens is 424 g/mol. The molecule has 0 saturated carbocycles. The van der Waals surface area contributed by atoms with Crippen LogP contribution in [0.2, 0.25) is 0 Å². The van der Waals surface area contributed by atoms with Crippen LogP contribution in [0.3, 0.4) is 0 Å². The van der Waals surface area contributed by atoms with Gasteiger partial charge in [-0.1, -0.05) is 24.3 Å². The van der Waals surface area contributed by atoms with Crippen molar-refractivity contribution in [3.8, 4) is 0 Å². The number of esters is 1. The van der Waals surface area contributed by atoms with Crippen LogP contribution in [-0.4, -0.2) is 39.1 Å². The molecule has 7 heteroatoms. The highest BCUT2D eigenvalue weighted by molar-refractivity contribution is 7.91. The number of pyridine rings is 1. The molecule has 1 saturated heterocycles. The SMILES string of the molecule is CCOC(=O)[C@@H]1CCCN(c2c(S(=O)(=O)c3ccc(C)c(C)c3)cnc3ccccc23)C1. The summed E-state index contributed by atoms with van der Waals surface area (Å²) in [7, 11) is -3.82. The van der Waals surface area contributed by atoms with Crippen molar-refractivity contribution in [2.45, 2.75) is 43.4 Å². The summed E-state index contributed by atoms with van der Waals surface area (Å²) >= 11 is 0. The van der Waals surface area contributed by atoms with Gasteiger partial charge in [-0.25, -0.2) is 8.42 Å². The van der Waals surface area contributed by atoms with E-state index in [4.69, 9.17) is 4.74 Å². The van der Waals surface area contributed by atoms with E-state index >= 15 is 0 Å². The van der Waals surface area contributed by atoms with Crippen LogP contribution in [0.1, 0.15) is 30.9 Å². The van der Waals surface area contributed by atoms with E-state index in [2.05, 4.69) is 4.98 Å². The maximum absolute atomic E-state index is 13.8. The molecular formula is C25H28N2O4S. The molecule has 0 bridgehead atoms. The van der Waals surface area contributed by atoms with Crippen molar-refractivity contribution in [1.82, 2.24) is 4.98 Å². The minimum absolute atomic E-state index is 0.170. The van der Waals surface area contributed by atoms with Gasteiger partial charge in [-0.15, -0.1) is 0 Å². The van der Waals surface area contributed by atoms with Crippen molar-refractivity contribution in [3.05, 3.63) is 59.8 Å². The van der Waals surface area contributed by atoms with Gasteiger partial charge in [0.05, 0.1) is 28.6 Å². The summed E-state index contributed by atoms with van der Waals surface area (Å²) in [4.78, 5) is 19.3. The van der Waals surface area contributed by atoms with Crippen LogP contribution in [0, 0.1) is 19.8 Å². The zero-order valence-electron chi connectivity index (χ0n) is 18.7. The molecule has 1 aromatic heterocycles. The van der Waals surface area contributed by atoms with Crippen LogP contribution in [-0.2, 0) is 19.4 Å². The average molecular weight is 453 g/mol. The summed E-state index contributed by atoms with van der Waals surface area (Å²) in [5.74, 6) is -0.512. The number of aromatic nitrogens is 1. The number of rotatable bonds is 5. The molecule has 0 amide bonds. The lowest BCUT2D eigenvalue weighted by molar-refractivity contribution is -0.148. The summed E-state index contributed by atoms with van der Waals surface area (Å²) in [6, 6.07) is 12.7. The zero-order chi connectivity index (χ0) is 22.9. The topological polar surface area (TPSA) is 76.6 Å². The van der Waals surface area contributed by atoms with Crippen LogP contribution in [0.25, 0.3) is 10.9 Å². The Balaban J connectivity index is 1.87. The lowest BCUT2D eigenvalue weighted by atomic mass is 9.97. The third kappa shape index (κ3) is 4.09. The molecule has 0 spiro atoms. The minimum atomic E-state index is -3.82. The Morgan fingerprint density at radius 1 is 1.16 bits per heavy atom. The quantitative estimate of drug-likeness (QED) is 0.532. The van der Waals surface area contributed by atoms with Gasteiger partial charge in [0.25, 0.3) is 0 Å². The fraction of sp³-hybridized carbons (Fsp3) is 0.360. The van der Waals surface area contributed by atoms with Crippen LogP contribution >= 0.6 is 0 Å². The normalized spacial score (nSPS) is 16.8. The molecule has 0 radical (unpaired) electrons. The second-order valence-corrected chi connectivity index (χ2v) is 10.2. The first kappa shape index (κ1) is 22.3. The van der Waals surface area contributed by atoms with Crippen molar-refractivity contribution in [3.63, 3.8) is 0 Å². The zero-order valence-corrected chi connectivity index (χ0v) is 19.5. The number of para-hydroxylation sites is 1. The number of nitrogens with zero attached hydrogens (tertiary/aromatic N) is 2. The van der Waals surface area contributed by atoms with Crippen LogP contribution in [0.4, 0.5) is 5.69 Å². The summed E-state index contributed by atoms with van der Waals surface area (Å²) < 4.78 is 32.8. The molecule has 1 atom stereocenters. The molecule has 2 heterocycles. The van der Waals surface area contributed by atoms with Gasteiger partial charge in [-0.05, 0) is 62.9 Å². The van der Waals surface area contributed by atoms with Crippen molar-refractivity contribution in [1.29, 1.82) is 0 Å². The highest BCUT2D eigenvalue weighted by atomic mass is 32.2. The summed E-state index contributed by atoms with van der Waals surface area (Å²) in [5.41, 5.74) is 3.29. The first-order valence-corrected chi connectivity index (χ1v) is 12.4. The highest BCUT2D eigenvalue weighted by Gasteiger charge is 2.32. The number of fused-ring (bicyclic) bond motifs is 1. The third-order valence-electron chi connectivity index (χ3n) is 6.15. The van der Waals surface area contributed by atoms with Gasteiger partial charge < -0.3 is 9.64 Å². The molecule has 0 aliphatic carbocycles. The number of carbonyl (C=O) groups is 1. The van der Waals surface area contributed by atoms with Crippen LogP contribution in [0.15, 0.2) is 58.5 Å². The first-order chi connectivity index (χ1) is 15.3. The number of hydrogen-bond acceptors (Lipinski definition) is 6. The van der Waals surface area contributed by atoms with Crippen LogP contribution < -0.4 is 4.90 Å². The van der Waals surface area contributed by atoms with Gasteiger partial charge in [0.2, 0.25) is 9.84 Å². The minimum Gasteiger partial charge on any atom is -0.466 e. The van der Waals surface area contributed by atoms with E-state index < -0.39 is 9.84 Å². The summed E-state index contributed by atoms with van der Waals surface area (Å²) in [6.45, 7) is 7.07. The Labute approximate surface area is 189 Å². The lowest BCUT2D eigenvalue weighted by Crippen LogP contribution is -2.40. The first-order valence-electron chi connectivity index (χ1n) is 10.9. The fourth-order valence-corrected chi connectivity index (χ4v) is 5.79. The molecule has 1 aliphatic heterocycles. The predicted octanol–water partition coefficient (Wildman–Crippen LogP) is 4.46. The molecule has 32 heavy (non-hydrogen) atoms. The van der Waals surface area contributed by atoms with Gasteiger partial charge in [0.15, 0.2) is 0 Å². The van der Waals surface area contributed by atoms with E-state index in [1.54, 1.807) is 19.1 Å². The van der Waals surface area contributed by atoms with E-state index in [1.165, 1.54) is 6.20 Å². The molecule has 0 unspecified atom stereocenters. The Hall–Kier alpha value is -2.93. The molecule has 0 N–H and O–H groups in total. The lowest BCUT2D eigenvalue weighted by Gasteiger charge is -2.35. The van der Waals surface area contributed by atoms with E-state index in [1.807, 2.05) is 49.1 Å². The summed E-state index contributed by atoms with van der Waals surface area (Å²) in [6.07, 6.45) is 2.97. The van der Waals surface area contributed by atoms with Crippen molar-refractivity contribution in [2.24, 2.45) is 5.92 Å². The molecule has 6 nitrogen and oxygen atoms in total. The Morgan fingerprint density at radius 3 is 2.69 bits per heavy atom. The number of benzene rings is 2. The van der Waals surface area contributed by atoms with E-state index in [0.29, 0.717) is 25.4 Å². The monoisotopic (exact) mass is 452 g/mol. The Bertz CT molecular complexity index is 1270. The number of sulfone groups is 1. The second kappa shape index (κ2) is 8.90. The van der Waals surface area contributed by atoms with Gasteiger partial charge in [-0.3, -0.25) is 9.78 Å². The molecule has 3 aromatic rings. The number of anilines is 1. The maximum atomic E-state index is 13.8. The molecule has 1 fully saturated rings. The maximum Gasteiger partial charge on any atom is 0.310 e. The van der Waals surface area contributed by atoms with E-state index in [-0.39, 0.29) is 21.7 Å². The van der Waals surface area contributed by atoms with Crippen molar-refractivity contribution >= 4 is 32.4 Å². The second-order valence-electron chi connectivity index (χ2n) is 8.27. The van der Waals surface area contributed by atoms with Gasteiger partial charge in [0, 0.05) is 24.7 Å². The van der Waals surface area contributed by atoms with Gasteiger partial charge >= 0.3 is 5.97 Å². The molecule has 2 aromatic carbocycles. The number of carbonyl (C=O) groups excluding carboxylic acids is 1. The van der Waals surface area contributed by atoms with Crippen molar-refractivity contribution in [2.75, 3.05) is 24.6 Å². The standard InChI is InChI=1S/C25H28N2O4S/c1-4-31-25(28)19-8-7-13-27(16-19)24-21-9-5-6-10-22(21)26-15-23(24)32(29,30)20-12-11-17(2)18(3)14-20/h5-6,9-12,14-15,19H,4,7-8,13,16H2,1-3H3/t19-/m1/s1. The average Bonchev–Trinajstić information content (AvgIpc) is 2.80. The Morgan fingerprint density at radius 2 is 1.94 bits per heavy atom. The summed E-state index contributed by atoms with van der Waals surface area (Å²) in [5, 5.41) is 0.766. The van der Waals surface area contributed by atoms with E-state index in [9.17, 15) is 13.2 Å². The number of piperidine rings is 1. The van der Waals surface area contributed by atoms with Crippen molar-refractivity contribution < 1.29 is 17.9 Å². The van der Waals surface area contributed by atoms with Crippen LogP contribution in [0.5, 0.6) is 0 Å².